The molecule has 0 saturated carbocycles. The summed E-state index contributed by atoms with van der Waals surface area (Å²) in [6, 6.07) is 18.4. The summed E-state index contributed by atoms with van der Waals surface area (Å²) >= 11 is 0. The Morgan fingerprint density at radius 3 is 2.31 bits per heavy atom. The van der Waals surface area contributed by atoms with Gasteiger partial charge in [-0.2, -0.15) is 0 Å². The van der Waals surface area contributed by atoms with Crippen LogP contribution in [0, 0.1) is 0 Å². The first-order valence-corrected chi connectivity index (χ1v) is 9.35. The average molecular weight is 345 g/mol. The summed E-state index contributed by atoms with van der Waals surface area (Å²) in [5.74, 6) is 0.204. The van der Waals surface area contributed by atoms with Gasteiger partial charge in [0, 0.05) is 30.0 Å². The molecule has 2 aliphatic rings. The quantitative estimate of drug-likeness (QED) is 0.904. The Labute approximate surface area is 154 Å². The molecule has 26 heavy (non-hydrogen) atoms. The van der Waals surface area contributed by atoms with Crippen molar-refractivity contribution in [2.75, 3.05) is 0 Å². The second-order valence-electron chi connectivity index (χ2n) is 7.23. The average Bonchev–Trinajstić information content (AvgIpc) is 2.67. The van der Waals surface area contributed by atoms with Gasteiger partial charge < -0.3 is 5.32 Å². The van der Waals surface area contributed by atoms with Crippen molar-refractivity contribution in [3.05, 3.63) is 82.6 Å². The summed E-state index contributed by atoms with van der Waals surface area (Å²) < 4.78 is 0. The van der Waals surface area contributed by atoms with Gasteiger partial charge in [-0.1, -0.05) is 61.5 Å². The molecule has 2 unspecified atom stereocenters. The maximum Gasteiger partial charge on any atom is 0.225 e. The molecule has 2 aromatic rings. The molecule has 0 aromatic heterocycles. The highest BCUT2D eigenvalue weighted by molar-refractivity contribution is 6.02. The second-order valence-corrected chi connectivity index (χ2v) is 7.23. The van der Waals surface area contributed by atoms with Crippen molar-refractivity contribution in [3.63, 3.8) is 0 Å². The number of benzene rings is 2. The van der Waals surface area contributed by atoms with Crippen LogP contribution >= 0.6 is 0 Å². The zero-order chi connectivity index (χ0) is 18.1. The molecule has 4 rings (SSSR count). The lowest BCUT2D eigenvalue weighted by molar-refractivity contribution is -0.122. The van der Waals surface area contributed by atoms with Gasteiger partial charge in [-0.15, -0.1) is 0 Å². The third-order valence-electron chi connectivity index (χ3n) is 5.60. The van der Waals surface area contributed by atoms with Crippen molar-refractivity contribution in [3.8, 4) is 0 Å². The van der Waals surface area contributed by atoms with E-state index in [1.807, 2.05) is 30.3 Å². The molecule has 3 heteroatoms. The van der Waals surface area contributed by atoms with E-state index in [2.05, 4.69) is 36.5 Å². The smallest absolute Gasteiger partial charge is 0.225 e. The molecule has 1 heterocycles. The standard InChI is InChI=1S/C23H23NO2/c1-2-15-8-10-16(11-9-15)18-12-20-23(21(25)13-18)19(14-22(26)24-20)17-6-4-3-5-7-17/h3-11,18-19H,2,12-14H2,1H3,(H,24,26). The molecule has 3 nitrogen and oxygen atoms in total. The molecule has 2 aromatic carbocycles. The zero-order valence-corrected chi connectivity index (χ0v) is 15.0. The van der Waals surface area contributed by atoms with Crippen LogP contribution in [0.1, 0.15) is 54.7 Å². The van der Waals surface area contributed by atoms with Gasteiger partial charge in [-0.05, 0) is 35.4 Å². The Kier molecular flexibility index (Phi) is 4.46. The maximum absolute atomic E-state index is 13.0. The number of hydrogen-bond donors (Lipinski definition) is 1. The van der Waals surface area contributed by atoms with Crippen LogP contribution in [0.3, 0.4) is 0 Å². The lowest BCUT2D eigenvalue weighted by Crippen LogP contribution is -2.38. The number of allylic oxidation sites excluding steroid dienone is 2. The van der Waals surface area contributed by atoms with Gasteiger partial charge in [0.05, 0.1) is 0 Å². The molecule has 1 N–H and O–H groups in total. The molecular weight excluding hydrogens is 322 g/mol. The first kappa shape index (κ1) is 16.8. The minimum absolute atomic E-state index is 0.00684. The third-order valence-corrected chi connectivity index (χ3v) is 5.60. The van der Waals surface area contributed by atoms with Crippen molar-refractivity contribution in [2.45, 2.75) is 44.4 Å². The minimum Gasteiger partial charge on any atom is -0.329 e. The van der Waals surface area contributed by atoms with E-state index in [1.165, 1.54) is 11.1 Å². The van der Waals surface area contributed by atoms with Crippen molar-refractivity contribution in [2.24, 2.45) is 0 Å². The predicted molar refractivity (Wildman–Crippen MR) is 102 cm³/mol. The van der Waals surface area contributed by atoms with Crippen molar-refractivity contribution >= 4 is 11.7 Å². The molecule has 0 radical (unpaired) electrons. The maximum atomic E-state index is 13.0. The number of rotatable bonds is 3. The molecule has 132 valence electrons. The van der Waals surface area contributed by atoms with Crippen LogP contribution in [0.25, 0.3) is 0 Å². The second kappa shape index (κ2) is 6.91. The highest BCUT2D eigenvalue weighted by Crippen LogP contribution is 2.42. The fraction of sp³-hybridized carbons (Fsp3) is 0.304. The van der Waals surface area contributed by atoms with Crippen molar-refractivity contribution < 1.29 is 9.59 Å². The van der Waals surface area contributed by atoms with Gasteiger partial charge in [0.2, 0.25) is 5.91 Å². The number of Topliss-reactive ketones (excluding diaryl/α,β-unsaturated/α-hetero) is 1. The van der Waals surface area contributed by atoms with Crippen LogP contribution < -0.4 is 5.32 Å². The van der Waals surface area contributed by atoms with Gasteiger partial charge in [0.1, 0.15) is 0 Å². The van der Waals surface area contributed by atoms with Gasteiger partial charge in [0.25, 0.3) is 0 Å². The first-order chi connectivity index (χ1) is 12.7. The van der Waals surface area contributed by atoms with Crippen LogP contribution in [0.15, 0.2) is 65.9 Å². The van der Waals surface area contributed by atoms with Gasteiger partial charge in [-0.25, -0.2) is 0 Å². The van der Waals surface area contributed by atoms with Crippen molar-refractivity contribution in [1.82, 2.24) is 5.32 Å². The SMILES string of the molecule is CCc1ccc(C2CC(=O)C3=C(C2)NC(=O)CC3c2ccccc2)cc1. The van der Waals surface area contributed by atoms with E-state index < -0.39 is 0 Å². The fourth-order valence-electron chi connectivity index (χ4n) is 4.19. The molecule has 0 spiro atoms. The lowest BCUT2D eigenvalue weighted by atomic mass is 9.73. The van der Waals surface area contributed by atoms with E-state index in [4.69, 9.17) is 0 Å². The van der Waals surface area contributed by atoms with Crippen LogP contribution in [0.4, 0.5) is 0 Å². The summed E-state index contributed by atoms with van der Waals surface area (Å²) in [6.07, 6.45) is 2.60. The van der Waals surface area contributed by atoms with Crippen LogP contribution in [-0.2, 0) is 16.0 Å². The Hall–Kier alpha value is -2.68. The number of nitrogens with one attached hydrogen (secondary N) is 1. The molecule has 1 aliphatic carbocycles. The minimum atomic E-state index is -0.115. The van der Waals surface area contributed by atoms with Crippen LogP contribution in [-0.4, -0.2) is 11.7 Å². The van der Waals surface area contributed by atoms with Crippen LogP contribution in [0.5, 0.6) is 0 Å². The highest BCUT2D eigenvalue weighted by Gasteiger charge is 2.38. The number of ketones is 1. The number of carbonyl (C=O) groups is 2. The normalized spacial score (nSPS) is 22.8. The van der Waals surface area contributed by atoms with E-state index in [9.17, 15) is 9.59 Å². The fourth-order valence-corrected chi connectivity index (χ4v) is 4.19. The van der Waals surface area contributed by atoms with Gasteiger partial charge >= 0.3 is 0 Å². The van der Waals surface area contributed by atoms with Crippen molar-refractivity contribution in [1.29, 1.82) is 0 Å². The van der Waals surface area contributed by atoms with E-state index in [0.717, 1.165) is 29.7 Å². The number of aryl methyl sites for hydroxylation is 1. The molecule has 0 fully saturated rings. The molecular formula is C23H23NO2. The lowest BCUT2D eigenvalue weighted by Gasteiger charge is -2.34. The monoisotopic (exact) mass is 345 g/mol. The Bertz CT molecular complexity index is 865. The van der Waals surface area contributed by atoms with Gasteiger partial charge in [-0.3, -0.25) is 9.59 Å². The number of amides is 1. The molecule has 1 amide bonds. The summed E-state index contributed by atoms with van der Waals surface area (Å²) in [5.41, 5.74) is 5.17. The Morgan fingerprint density at radius 1 is 0.885 bits per heavy atom. The number of carbonyl (C=O) groups excluding carboxylic acids is 2. The Morgan fingerprint density at radius 2 is 1.62 bits per heavy atom. The summed E-state index contributed by atoms with van der Waals surface area (Å²) in [7, 11) is 0. The summed E-state index contributed by atoms with van der Waals surface area (Å²) in [4.78, 5) is 25.3. The zero-order valence-electron chi connectivity index (χ0n) is 15.0. The molecule has 0 saturated heterocycles. The van der Waals surface area contributed by atoms with E-state index in [1.54, 1.807) is 0 Å². The van der Waals surface area contributed by atoms with Crippen LogP contribution in [0.2, 0.25) is 0 Å². The predicted octanol–water partition coefficient (Wildman–Crippen LogP) is 4.25. The summed E-state index contributed by atoms with van der Waals surface area (Å²) in [5, 5.41) is 2.99. The first-order valence-electron chi connectivity index (χ1n) is 9.35. The Balaban J connectivity index is 1.67. The molecule has 0 bridgehead atoms. The van der Waals surface area contributed by atoms with Gasteiger partial charge in [0.15, 0.2) is 5.78 Å². The highest BCUT2D eigenvalue weighted by atomic mass is 16.2. The molecule has 1 aliphatic heterocycles. The topological polar surface area (TPSA) is 46.2 Å². The third kappa shape index (κ3) is 3.10. The summed E-state index contributed by atoms with van der Waals surface area (Å²) in [6.45, 7) is 2.14. The molecule has 2 atom stereocenters. The number of hydrogen-bond acceptors (Lipinski definition) is 2. The van der Waals surface area contributed by atoms with E-state index in [-0.39, 0.29) is 23.5 Å². The largest absolute Gasteiger partial charge is 0.329 e. The van der Waals surface area contributed by atoms with E-state index in [0.29, 0.717) is 12.8 Å². The van der Waals surface area contributed by atoms with E-state index >= 15 is 0 Å².